The number of hydrogen-bond donors (Lipinski definition) is 1. The van der Waals surface area contributed by atoms with Crippen molar-refractivity contribution in [3.63, 3.8) is 0 Å². The Morgan fingerprint density at radius 2 is 1.41 bits per heavy atom. The Labute approximate surface area is 290 Å². The van der Waals surface area contributed by atoms with Crippen molar-refractivity contribution >= 4 is 27.5 Å². The summed E-state index contributed by atoms with van der Waals surface area (Å²) in [6.07, 6.45) is 0.229. The highest BCUT2D eigenvalue weighted by Gasteiger charge is 2.36. The van der Waals surface area contributed by atoms with Crippen LogP contribution in [0.2, 0.25) is 0 Å². The summed E-state index contributed by atoms with van der Waals surface area (Å²) >= 11 is 0. The third-order valence-corrected chi connectivity index (χ3v) is 9.86. The van der Waals surface area contributed by atoms with Gasteiger partial charge in [-0.2, -0.15) is 0 Å². The lowest BCUT2D eigenvalue weighted by molar-refractivity contribution is -0.140. The van der Waals surface area contributed by atoms with Gasteiger partial charge in [-0.25, -0.2) is 8.42 Å². The van der Waals surface area contributed by atoms with Gasteiger partial charge in [0.25, 0.3) is 10.0 Å². The molecule has 0 aliphatic rings. The lowest BCUT2D eigenvalue weighted by atomic mass is 10.00. The molecule has 0 aliphatic carbocycles. The van der Waals surface area contributed by atoms with E-state index in [-0.39, 0.29) is 29.5 Å². The molecule has 0 bridgehead atoms. The van der Waals surface area contributed by atoms with E-state index in [0.29, 0.717) is 11.4 Å². The third kappa shape index (κ3) is 9.41. The van der Waals surface area contributed by atoms with E-state index in [9.17, 15) is 18.0 Å². The summed E-state index contributed by atoms with van der Waals surface area (Å²) in [5.41, 5.74) is 4.07. The zero-order chi connectivity index (χ0) is 35.9. The Bertz CT molecular complexity index is 1870. The molecule has 4 rings (SSSR count). The second-order valence-electron chi connectivity index (χ2n) is 13.3. The van der Waals surface area contributed by atoms with Crippen molar-refractivity contribution in [3.05, 3.63) is 119 Å². The summed E-state index contributed by atoms with van der Waals surface area (Å²) in [4.78, 5) is 30.4. The third-order valence-electron chi connectivity index (χ3n) is 8.09. The Morgan fingerprint density at radius 3 is 2.00 bits per heavy atom. The standard InChI is InChI=1S/C39H47N3O6S/c1-27-20-28(2)22-32(21-27)42(49(45,46)33-18-19-35(47-7)36(24-33)48-8)26-37(43)41(25-31-17-13-12-14-29(31)3)34(38(44)40-39(4,5)6)23-30-15-10-9-11-16-30/h9-22,24,34H,23,25-26H2,1-8H3,(H,40,44)/t34-/m0/s1. The van der Waals surface area contributed by atoms with Gasteiger partial charge in [-0.15, -0.1) is 0 Å². The van der Waals surface area contributed by atoms with E-state index in [1.807, 2.05) is 102 Å². The van der Waals surface area contributed by atoms with E-state index in [4.69, 9.17) is 9.47 Å². The highest BCUT2D eigenvalue weighted by Crippen LogP contribution is 2.33. The second-order valence-corrected chi connectivity index (χ2v) is 15.1. The molecule has 1 N–H and O–H groups in total. The van der Waals surface area contributed by atoms with Gasteiger partial charge in [0.15, 0.2) is 11.5 Å². The Kier molecular flexibility index (Phi) is 11.8. The van der Waals surface area contributed by atoms with E-state index in [0.717, 1.165) is 32.1 Å². The first kappa shape index (κ1) is 37.0. The molecule has 0 unspecified atom stereocenters. The number of nitrogens with zero attached hydrogens (tertiary/aromatic N) is 2. The number of benzene rings is 4. The first-order valence-electron chi connectivity index (χ1n) is 16.2. The number of anilines is 1. The molecule has 4 aromatic carbocycles. The van der Waals surface area contributed by atoms with Crippen LogP contribution in [0.15, 0.2) is 95.9 Å². The van der Waals surface area contributed by atoms with Crippen molar-refractivity contribution in [2.45, 2.75) is 71.0 Å². The number of aryl methyl sites for hydroxylation is 3. The molecule has 0 saturated heterocycles. The van der Waals surface area contributed by atoms with E-state index in [1.54, 1.807) is 12.1 Å². The lowest BCUT2D eigenvalue weighted by Crippen LogP contribution is -2.56. The molecular formula is C39H47N3O6S. The average Bonchev–Trinajstić information content (AvgIpc) is 3.04. The van der Waals surface area contributed by atoms with Gasteiger partial charge < -0.3 is 19.7 Å². The summed E-state index contributed by atoms with van der Waals surface area (Å²) in [7, 11) is -1.44. The maximum Gasteiger partial charge on any atom is 0.264 e. The zero-order valence-corrected chi connectivity index (χ0v) is 30.4. The Hall–Kier alpha value is -4.83. The number of rotatable bonds is 13. The van der Waals surface area contributed by atoms with E-state index >= 15 is 0 Å². The average molecular weight is 686 g/mol. The number of sulfonamides is 1. The van der Waals surface area contributed by atoms with E-state index in [1.165, 1.54) is 37.3 Å². The summed E-state index contributed by atoms with van der Waals surface area (Å²) in [6, 6.07) is 25.9. The van der Waals surface area contributed by atoms with Crippen LogP contribution in [0.25, 0.3) is 0 Å². The van der Waals surface area contributed by atoms with Crippen molar-refractivity contribution in [3.8, 4) is 11.5 Å². The van der Waals surface area contributed by atoms with Crippen LogP contribution in [0, 0.1) is 20.8 Å². The second kappa shape index (κ2) is 15.6. The van der Waals surface area contributed by atoms with Crippen molar-refractivity contribution < 1.29 is 27.5 Å². The summed E-state index contributed by atoms with van der Waals surface area (Å²) in [6.45, 7) is 10.9. The van der Waals surface area contributed by atoms with Gasteiger partial charge in [-0.05, 0) is 93.6 Å². The van der Waals surface area contributed by atoms with Crippen molar-refractivity contribution in [2.75, 3.05) is 25.1 Å². The Morgan fingerprint density at radius 1 is 0.796 bits per heavy atom. The van der Waals surface area contributed by atoms with Gasteiger partial charge in [0.1, 0.15) is 12.6 Å². The van der Waals surface area contributed by atoms with Crippen LogP contribution in [0.5, 0.6) is 11.5 Å². The van der Waals surface area contributed by atoms with Crippen LogP contribution in [0.1, 0.15) is 48.6 Å². The molecule has 1 atom stereocenters. The van der Waals surface area contributed by atoms with Crippen LogP contribution >= 0.6 is 0 Å². The largest absolute Gasteiger partial charge is 0.493 e. The lowest BCUT2D eigenvalue weighted by Gasteiger charge is -2.35. The monoisotopic (exact) mass is 685 g/mol. The molecule has 0 heterocycles. The first-order valence-corrected chi connectivity index (χ1v) is 17.6. The maximum absolute atomic E-state index is 14.8. The molecule has 0 saturated carbocycles. The molecule has 49 heavy (non-hydrogen) atoms. The molecular weight excluding hydrogens is 639 g/mol. The number of amides is 2. The number of methoxy groups -OCH3 is 2. The fraction of sp³-hybridized carbons (Fsp3) is 0.333. The van der Waals surface area contributed by atoms with Gasteiger partial charge in [0.05, 0.1) is 24.8 Å². The van der Waals surface area contributed by atoms with Gasteiger partial charge >= 0.3 is 0 Å². The molecule has 0 radical (unpaired) electrons. The summed E-state index contributed by atoms with van der Waals surface area (Å²) in [5.74, 6) is -0.262. The van der Waals surface area contributed by atoms with E-state index in [2.05, 4.69) is 5.32 Å². The number of ether oxygens (including phenoxy) is 2. The summed E-state index contributed by atoms with van der Waals surface area (Å²) < 4.78 is 41.0. The van der Waals surface area contributed by atoms with Gasteiger partial charge in [0.2, 0.25) is 11.8 Å². The fourth-order valence-corrected chi connectivity index (χ4v) is 7.12. The molecule has 0 aliphatic heterocycles. The van der Waals surface area contributed by atoms with Crippen molar-refractivity contribution in [1.82, 2.24) is 10.2 Å². The van der Waals surface area contributed by atoms with Crippen LogP contribution in [-0.4, -0.2) is 57.5 Å². The molecule has 0 spiro atoms. The molecule has 10 heteroatoms. The molecule has 0 fully saturated rings. The minimum Gasteiger partial charge on any atom is -0.493 e. The topological polar surface area (TPSA) is 105 Å². The fourth-order valence-electron chi connectivity index (χ4n) is 5.71. The van der Waals surface area contributed by atoms with Gasteiger partial charge in [0, 0.05) is 24.6 Å². The zero-order valence-electron chi connectivity index (χ0n) is 29.6. The number of hydrogen-bond acceptors (Lipinski definition) is 6. The van der Waals surface area contributed by atoms with Crippen LogP contribution in [0.3, 0.4) is 0 Å². The maximum atomic E-state index is 14.8. The molecule has 4 aromatic rings. The summed E-state index contributed by atoms with van der Waals surface area (Å²) in [5, 5.41) is 3.06. The van der Waals surface area contributed by atoms with Gasteiger partial charge in [-0.3, -0.25) is 13.9 Å². The van der Waals surface area contributed by atoms with Crippen LogP contribution in [0.4, 0.5) is 5.69 Å². The first-order chi connectivity index (χ1) is 23.1. The Balaban J connectivity index is 1.88. The smallest absolute Gasteiger partial charge is 0.264 e. The highest BCUT2D eigenvalue weighted by molar-refractivity contribution is 7.92. The minimum absolute atomic E-state index is 0.0751. The highest BCUT2D eigenvalue weighted by atomic mass is 32.2. The van der Waals surface area contributed by atoms with Crippen LogP contribution in [-0.2, 0) is 32.6 Å². The van der Waals surface area contributed by atoms with Crippen LogP contribution < -0.4 is 19.1 Å². The quantitative estimate of drug-likeness (QED) is 0.175. The van der Waals surface area contributed by atoms with E-state index < -0.39 is 34.1 Å². The number of carbonyl (C=O) groups excluding carboxylic acids is 2. The minimum atomic E-state index is -4.34. The molecule has 2 amide bonds. The molecule has 260 valence electrons. The molecule has 9 nitrogen and oxygen atoms in total. The van der Waals surface area contributed by atoms with Gasteiger partial charge in [-0.1, -0.05) is 60.7 Å². The molecule has 0 aromatic heterocycles. The predicted molar refractivity (Wildman–Crippen MR) is 194 cm³/mol. The normalized spacial score (nSPS) is 12.2. The SMILES string of the molecule is COc1ccc(S(=O)(=O)N(CC(=O)N(Cc2ccccc2C)[C@@H](Cc2ccccc2)C(=O)NC(C)(C)C)c2cc(C)cc(C)c2)cc1OC. The van der Waals surface area contributed by atoms with Crippen molar-refractivity contribution in [1.29, 1.82) is 0 Å². The number of nitrogens with one attached hydrogen (secondary N) is 1. The predicted octanol–water partition coefficient (Wildman–Crippen LogP) is 6.38. The number of carbonyl (C=O) groups is 2. The van der Waals surface area contributed by atoms with Crippen molar-refractivity contribution in [2.24, 2.45) is 0 Å².